The zero-order chi connectivity index (χ0) is 14.0. The molecule has 98 valence electrons. The fourth-order valence-electron chi connectivity index (χ4n) is 2.17. The summed E-state index contributed by atoms with van der Waals surface area (Å²) in [5.74, 6) is -0.660. The molecule has 1 unspecified atom stereocenters. The molecule has 0 radical (unpaired) electrons. The Bertz CT molecular complexity index is 580. The van der Waals surface area contributed by atoms with Gasteiger partial charge in [-0.05, 0) is 24.6 Å². The molecule has 1 aromatic rings. The molecule has 19 heavy (non-hydrogen) atoms. The molecule has 1 atom stereocenters. The number of nitrogens with zero attached hydrogens (tertiary/aromatic N) is 2. The number of amides is 2. The lowest BCUT2D eigenvalue weighted by Gasteiger charge is -2.35. The second-order valence-electron chi connectivity index (χ2n) is 4.24. The van der Waals surface area contributed by atoms with Gasteiger partial charge in [0, 0.05) is 4.47 Å². The summed E-state index contributed by atoms with van der Waals surface area (Å²) >= 11 is 3.30. The van der Waals surface area contributed by atoms with Gasteiger partial charge < -0.3 is 4.90 Å². The van der Waals surface area contributed by atoms with Crippen molar-refractivity contribution in [2.75, 3.05) is 11.4 Å². The lowest BCUT2D eigenvalue weighted by molar-refractivity contribution is -0.132. The van der Waals surface area contributed by atoms with E-state index in [1.54, 1.807) is 23.1 Å². The molecule has 0 aromatic heterocycles. The number of imide groups is 1. The molecule has 1 fully saturated rings. The van der Waals surface area contributed by atoms with Crippen molar-refractivity contribution < 1.29 is 9.59 Å². The molecule has 1 N–H and O–H groups in total. The minimum absolute atomic E-state index is 0.0839. The molecule has 2 amide bonds. The SMILES string of the molecule is CCC1C(=O)NC(=O)CN1c1ccc(Br)cc1C#N. The van der Waals surface area contributed by atoms with Crippen LogP contribution in [0.4, 0.5) is 5.69 Å². The molecular formula is C13H12BrN3O2. The second-order valence-corrected chi connectivity index (χ2v) is 5.15. The number of anilines is 1. The summed E-state index contributed by atoms with van der Waals surface area (Å²) in [6, 6.07) is 6.89. The number of piperazine rings is 1. The van der Waals surface area contributed by atoms with Crippen molar-refractivity contribution in [3.8, 4) is 6.07 Å². The topological polar surface area (TPSA) is 73.2 Å². The Morgan fingerprint density at radius 3 is 2.89 bits per heavy atom. The van der Waals surface area contributed by atoms with Crippen molar-refractivity contribution in [1.29, 1.82) is 5.26 Å². The zero-order valence-corrected chi connectivity index (χ0v) is 11.9. The fraction of sp³-hybridized carbons (Fsp3) is 0.308. The molecule has 1 aliphatic rings. The molecule has 0 aliphatic carbocycles. The predicted octanol–water partition coefficient (Wildman–Crippen LogP) is 1.56. The quantitative estimate of drug-likeness (QED) is 0.839. The first-order valence-electron chi connectivity index (χ1n) is 5.86. The Morgan fingerprint density at radius 1 is 1.53 bits per heavy atom. The Kier molecular flexibility index (Phi) is 3.86. The van der Waals surface area contributed by atoms with E-state index in [-0.39, 0.29) is 18.4 Å². The lowest BCUT2D eigenvalue weighted by Crippen LogP contribution is -2.58. The van der Waals surface area contributed by atoms with Crippen molar-refractivity contribution in [2.24, 2.45) is 0 Å². The summed E-state index contributed by atoms with van der Waals surface area (Å²) in [5, 5.41) is 11.5. The third-order valence-corrected chi connectivity index (χ3v) is 3.52. The molecule has 1 aromatic carbocycles. The molecule has 0 saturated carbocycles. The van der Waals surface area contributed by atoms with Crippen molar-refractivity contribution in [3.63, 3.8) is 0 Å². The summed E-state index contributed by atoms with van der Waals surface area (Å²) < 4.78 is 0.786. The minimum Gasteiger partial charge on any atom is -0.349 e. The van der Waals surface area contributed by atoms with Crippen LogP contribution in [0.3, 0.4) is 0 Å². The van der Waals surface area contributed by atoms with Crippen molar-refractivity contribution in [2.45, 2.75) is 19.4 Å². The van der Waals surface area contributed by atoms with Crippen LogP contribution in [0, 0.1) is 11.3 Å². The van der Waals surface area contributed by atoms with Gasteiger partial charge in [0.25, 0.3) is 0 Å². The Hall–Kier alpha value is -1.87. The third-order valence-electron chi connectivity index (χ3n) is 3.03. The van der Waals surface area contributed by atoms with Crippen LogP contribution >= 0.6 is 15.9 Å². The Balaban J connectivity index is 2.46. The number of hydrogen-bond acceptors (Lipinski definition) is 4. The van der Waals surface area contributed by atoms with E-state index >= 15 is 0 Å². The highest BCUT2D eigenvalue weighted by molar-refractivity contribution is 9.10. The molecule has 0 bridgehead atoms. The van der Waals surface area contributed by atoms with E-state index in [9.17, 15) is 14.9 Å². The van der Waals surface area contributed by atoms with Gasteiger partial charge in [-0.1, -0.05) is 22.9 Å². The predicted molar refractivity (Wildman–Crippen MR) is 73.4 cm³/mol. The first-order valence-corrected chi connectivity index (χ1v) is 6.66. The number of hydrogen-bond donors (Lipinski definition) is 1. The van der Waals surface area contributed by atoms with E-state index in [4.69, 9.17) is 0 Å². The van der Waals surface area contributed by atoms with Gasteiger partial charge in [0.15, 0.2) is 0 Å². The van der Waals surface area contributed by atoms with E-state index in [1.165, 1.54) is 0 Å². The number of benzene rings is 1. The van der Waals surface area contributed by atoms with Crippen LogP contribution < -0.4 is 10.2 Å². The van der Waals surface area contributed by atoms with Gasteiger partial charge in [0.1, 0.15) is 12.1 Å². The summed E-state index contributed by atoms with van der Waals surface area (Å²) in [6.45, 7) is 1.96. The maximum atomic E-state index is 11.8. The first-order chi connectivity index (χ1) is 9.06. The normalized spacial score (nSPS) is 19.0. The Labute approximate surface area is 119 Å². The second kappa shape index (κ2) is 5.41. The van der Waals surface area contributed by atoms with Gasteiger partial charge in [-0.25, -0.2) is 0 Å². The minimum atomic E-state index is -0.425. The van der Waals surface area contributed by atoms with Gasteiger partial charge in [-0.3, -0.25) is 14.9 Å². The summed E-state index contributed by atoms with van der Waals surface area (Å²) in [6.07, 6.45) is 0.569. The maximum Gasteiger partial charge on any atom is 0.249 e. The number of rotatable bonds is 2. The van der Waals surface area contributed by atoms with Crippen molar-refractivity contribution >= 4 is 33.4 Å². The van der Waals surface area contributed by atoms with Crippen LogP contribution in [0.2, 0.25) is 0 Å². The molecule has 0 spiro atoms. The van der Waals surface area contributed by atoms with Gasteiger partial charge >= 0.3 is 0 Å². The third kappa shape index (κ3) is 2.61. The van der Waals surface area contributed by atoms with E-state index in [2.05, 4.69) is 27.3 Å². The van der Waals surface area contributed by atoms with Crippen LogP contribution in [0.1, 0.15) is 18.9 Å². The largest absolute Gasteiger partial charge is 0.349 e. The number of nitriles is 1. The number of nitrogens with one attached hydrogen (secondary N) is 1. The van der Waals surface area contributed by atoms with Gasteiger partial charge in [-0.2, -0.15) is 5.26 Å². The molecule has 1 heterocycles. The highest BCUT2D eigenvalue weighted by atomic mass is 79.9. The number of halogens is 1. The van der Waals surface area contributed by atoms with Gasteiger partial charge in [-0.15, -0.1) is 0 Å². The van der Waals surface area contributed by atoms with E-state index in [1.807, 2.05) is 6.92 Å². The highest BCUT2D eigenvalue weighted by Crippen LogP contribution is 2.27. The lowest BCUT2D eigenvalue weighted by atomic mass is 10.1. The molecule has 5 nitrogen and oxygen atoms in total. The smallest absolute Gasteiger partial charge is 0.249 e. The average Bonchev–Trinajstić information content (AvgIpc) is 2.37. The molecule has 2 rings (SSSR count). The van der Waals surface area contributed by atoms with Crippen LogP contribution in [-0.2, 0) is 9.59 Å². The molecule has 1 aliphatic heterocycles. The van der Waals surface area contributed by atoms with Crippen LogP contribution in [0.25, 0.3) is 0 Å². The van der Waals surface area contributed by atoms with E-state index in [0.717, 1.165) is 4.47 Å². The molecule has 6 heteroatoms. The van der Waals surface area contributed by atoms with Crippen LogP contribution in [-0.4, -0.2) is 24.4 Å². The molecule has 1 saturated heterocycles. The highest BCUT2D eigenvalue weighted by Gasteiger charge is 2.33. The van der Waals surface area contributed by atoms with E-state index in [0.29, 0.717) is 17.7 Å². The standard InChI is InChI=1S/C13H12BrN3O2/c1-2-10-13(19)16-12(18)7-17(10)11-4-3-9(14)5-8(11)6-15/h3-5,10H,2,7H2,1H3,(H,16,18,19). The van der Waals surface area contributed by atoms with Crippen molar-refractivity contribution in [1.82, 2.24) is 5.32 Å². The van der Waals surface area contributed by atoms with Crippen LogP contribution in [0.15, 0.2) is 22.7 Å². The van der Waals surface area contributed by atoms with Crippen molar-refractivity contribution in [3.05, 3.63) is 28.2 Å². The van der Waals surface area contributed by atoms with Gasteiger partial charge in [0.05, 0.1) is 17.8 Å². The number of carbonyl (C=O) groups is 2. The first kappa shape index (κ1) is 13.6. The summed E-state index contributed by atoms with van der Waals surface area (Å²) in [4.78, 5) is 25.0. The average molecular weight is 322 g/mol. The monoisotopic (exact) mass is 321 g/mol. The Morgan fingerprint density at radius 2 is 2.26 bits per heavy atom. The zero-order valence-electron chi connectivity index (χ0n) is 10.3. The molecular weight excluding hydrogens is 310 g/mol. The maximum absolute atomic E-state index is 11.8. The van der Waals surface area contributed by atoms with Gasteiger partial charge in [0.2, 0.25) is 11.8 Å². The fourth-order valence-corrected chi connectivity index (χ4v) is 2.53. The summed E-state index contributed by atoms with van der Waals surface area (Å²) in [5.41, 5.74) is 1.05. The van der Waals surface area contributed by atoms with Crippen LogP contribution in [0.5, 0.6) is 0 Å². The summed E-state index contributed by atoms with van der Waals surface area (Å²) in [7, 11) is 0. The number of carbonyl (C=O) groups excluding carboxylic acids is 2. The van der Waals surface area contributed by atoms with E-state index < -0.39 is 6.04 Å².